The summed E-state index contributed by atoms with van der Waals surface area (Å²) in [5.74, 6) is 0.363. The van der Waals surface area contributed by atoms with Crippen LogP contribution >= 0.6 is 0 Å². The fourth-order valence-corrected chi connectivity index (χ4v) is 3.16. The fourth-order valence-electron chi connectivity index (χ4n) is 3.16. The Morgan fingerprint density at radius 3 is 2.79 bits per heavy atom. The van der Waals surface area contributed by atoms with Crippen LogP contribution in [0.2, 0.25) is 0 Å². The molecule has 4 heteroatoms. The van der Waals surface area contributed by atoms with Gasteiger partial charge in [0.25, 0.3) is 0 Å². The summed E-state index contributed by atoms with van der Waals surface area (Å²) in [6.45, 7) is 5.44. The zero-order valence-electron chi connectivity index (χ0n) is 12.2. The van der Waals surface area contributed by atoms with Crippen molar-refractivity contribution in [1.82, 2.24) is 10.6 Å². The van der Waals surface area contributed by atoms with E-state index < -0.39 is 0 Å². The second-order valence-electron chi connectivity index (χ2n) is 6.00. The largest absolute Gasteiger partial charge is 0.373 e. The van der Waals surface area contributed by atoms with Crippen LogP contribution in [0.5, 0.6) is 0 Å². The van der Waals surface area contributed by atoms with E-state index in [4.69, 9.17) is 4.74 Å². The molecule has 19 heavy (non-hydrogen) atoms. The molecule has 0 aromatic carbocycles. The quantitative estimate of drug-likeness (QED) is 0.773. The first-order valence-electron chi connectivity index (χ1n) is 7.88. The monoisotopic (exact) mass is 268 g/mol. The van der Waals surface area contributed by atoms with Gasteiger partial charge in [-0.05, 0) is 32.2 Å². The van der Waals surface area contributed by atoms with E-state index in [1.165, 1.54) is 19.3 Å². The number of nitrogens with one attached hydrogen (secondary N) is 2. The van der Waals surface area contributed by atoms with E-state index in [-0.39, 0.29) is 17.4 Å². The minimum Gasteiger partial charge on any atom is -0.373 e. The lowest BCUT2D eigenvalue weighted by Gasteiger charge is -2.37. The molecule has 1 amide bonds. The standard InChI is InChI=1S/C15H28N2O2/c1-2-10-19-15(7-4-3-5-8-15)12-17-14(18)13-6-9-16-11-13/h13,16H,2-12H2,1H3,(H,17,18). The van der Waals surface area contributed by atoms with Gasteiger partial charge in [0.15, 0.2) is 0 Å². The molecule has 1 atom stereocenters. The molecule has 0 bridgehead atoms. The van der Waals surface area contributed by atoms with Crippen molar-refractivity contribution in [3.05, 3.63) is 0 Å². The minimum absolute atomic E-state index is 0.0873. The van der Waals surface area contributed by atoms with Crippen molar-refractivity contribution < 1.29 is 9.53 Å². The lowest BCUT2D eigenvalue weighted by atomic mass is 9.84. The molecular weight excluding hydrogens is 240 g/mol. The van der Waals surface area contributed by atoms with Gasteiger partial charge < -0.3 is 15.4 Å². The summed E-state index contributed by atoms with van der Waals surface area (Å²) >= 11 is 0. The fraction of sp³-hybridized carbons (Fsp3) is 0.933. The molecule has 1 unspecified atom stereocenters. The molecule has 0 radical (unpaired) electrons. The highest BCUT2D eigenvalue weighted by atomic mass is 16.5. The Balaban J connectivity index is 1.82. The number of carbonyl (C=O) groups excluding carboxylic acids is 1. The molecule has 2 N–H and O–H groups in total. The Kier molecular flexibility index (Phi) is 5.64. The van der Waals surface area contributed by atoms with E-state index in [0.717, 1.165) is 45.4 Å². The van der Waals surface area contributed by atoms with Gasteiger partial charge in [-0.3, -0.25) is 4.79 Å². The van der Waals surface area contributed by atoms with Gasteiger partial charge >= 0.3 is 0 Å². The average Bonchev–Trinajstić information content (AvgIpc) is 2.98. The van der Waals surface area contributed by atoms with Gasteiger partial charge in [0.05, 0.1) is 11.5 Å². The molecule has 4 nitrogen and oxygen atoms in total. The van der Waals surface area contributed by atoms with Crippen LogP contribution in [0.15, 0.2) is 0 Å². The van der Waals surface area contributed by atoms with E-state index in [1.807, 2.05) is 0 Å². The first kappa shape index (κ1) is 14.8. The molecule has 1 saturated heterocycles. The molecule has 110 valence electrons. The predicted molar refractivity (Wildman–Crippen MR) is 76.0 cm³/mol. The van der Waals surface area contributed by atoms with E-state index in [2.05, 4.69) is 17.6 Å². The van der Waals surface area contributed by atoms with E-state index >= 15 is 0 Å². The SMILES string of the molecule is CCCOC1(CNC(=O)C2CCNC2)CCCCC1. The Morgan fingerprint density at radius 1 is 1.37 bits per heavy atom. The molecule has 1 heterocycles. The van der Waals surface area contributed by atoms with Gasteiger partial charge in [-0.2, -0.15) is 0 Å². The number of ether oxygens (including phenoxy) is 1. The zero-order chi connectivity index (χ0) is 13.6. The topological polar surface area (TPSA) is 50.4 Å². The number of hydrogen-bond donors (Lipinski definition) is 2. The zero-order valence-corrected chi connectivity index (χ0v) is 12.2. The lowest BCUT2D eigenvalue weighted by Crippen LogP contribution is -2.48. The van der Waals surface area contributed by atoms with E-state index in [0.29, 0.717) is 6.54 Å². The summed E-state index contributed by atoms with van der Waals surface area (Å²) in [6, 6.07) is 0. The van der Waals surface area contributed by atoms with Gasteiger partial charge in [0.2, 0.25) is 5.91 Å². The van der Waals surface area contributed by atoms with Crippen LogP contribution in [0.1, 0.15) is 51.9 Å². The predicted octanol–water partition coefficient (Wildman–Crippen LogP) is 1.84. The second kappa shape index (κ2) is 7.25. The Hall–Kier alpha value is -0.610. The van der Waals surface area contributed by atoms with Crippen molar-refractivity contribution >= 4 is 5.91 Å². The van der Waals surface area contributed by atoms with Gasteiger partial charge in [0, 0.05) is 19.7 Å². The van der Waals surface area contributed by atoms with Gasteiger partial charge in [-0.25, -0.2) is 0 Å². The third-order valence-corrected chi connectivity index (χ3v) is 4.39. The molecule has 2 fully saturated rings. The molecule has 2 rings (SSSR count). The van der Waals surface area contributed by atoms with Crippen LogP contribution in [0, 0.1) is 5.92 Å². The van der Waals surface area contributed by atoms with Crippen LogP contribution in [0.25, 0.3) is 0 Å². The summed E-state index contributed by atoms with van der Waals surface area (Å²) in [6.07, 6.45) is 7.95. The van der Waals surface area contributed by atoms with Crippen LogP contribution < -0.4 is 10.6 Å². The third kappa shape index (κ3) is 4.18. The summed E-state index contributed by atoms with van der Waals surface area (Å²) in [4.78, 5) is 12.1. The maximum Gasteiger partial charge on any atom is 0.224 e. The van der Waals surface area contributed by atoms with E-state index in [1.54, 1.807) is 0 Å². The summed E-state index contributed by atoms with van der Waals surface area (Å²) < 4.78 is 6.10. The number of hydrogen-bond acceptors (Lipinski definition) is 3. The summed E-state index contributed by atoms with van der Waals surface area (Å²) in [5.41, 5.74) is -0.0873. The molecule has 2 aliphatic rings. The van der Waals surface area contributed by atoms with Crippen molar-refractivity contribution in [2.24, 2.45) is 5.92 Å². The van der Waals surface area contributed by atoms with Crippen molar-refractivity contribution in [3.8, 4) is 0 Å². The first-order chi connectivity index (χ1) is 9.26. The molecule has 0 aromatic heterocycles. The molecule has 0 aromatic rings. The highest BCUT2D eigenvalue weighted by molar-refractivity contribution is 5.79. The highest BCUT2D eigenvalue weighted by Gasteiger charge is 2.34. The Morgan fingerprint density at radius 2 is 2.16 bits per heavy atom. The molecular formula is C15H28N2O2. The molecule has 1 aliphatic carbocycles. The van der Waals surface area contributed by atoms with Gasteiger partial charge in [0.1, 0.15) is 0 Å². The molecule has 0 spiro atoms. The van der Waals surface area contributed by atoms with Crippen LogP contribution in [-0.2, 0) is 9.53 Å². The van der Waals surface area contributed by atoms with Crippen LogP contribution in [-0.4, -0.2) is 37.7 Å². The van der Waals surface area contributed by atoms with Crippen LogP contribution in [0.4, 0.5) is 0 Å². The van der Waals surface area contributed by atoms with Gasteiger partial charge in [-0.15, -0.1) is 0 Å². The third-order valence-electron chi connectivity index (χ3n) is 4.39. The van der Waals surface area contributed by atoms with Crippen LogP contribution in [0.3, 0.4) is 0 Å². The number of rotatable bonds is 6. The van der Waals surface area contributed by atoms with E-state index in [9.17, 15) is 4.79 Å². The molecule has 1 saturated carbocycles. The number of carbonyl (C=O) groups is 1. The minimum atomic E-state index is -0.0873. The first-order valence-corrected chi connectivity index (χ1v) is 7.88. The van der Waals surface area contributed by atoms with Crippen molar-refractivity contribution in [1.29, 1.82) is 0 Å². The maximum atomic E-state index is 12.1. The Bertz CT molecular complexity index is 282. The second-order valence-corrected chi connectivity index (χ2v) is 6.00. The van der Waals surface area contributed by atoms with Gasteiger partial charge in [-0.1, -0.05) is 26.2 Å². The molecule has 1 aliphatic heterocycles. The normalized spacial score (nSPS) is 26.3. The average molecular weight is 268 g/mol. The smallest absolute Gasteiger partial charge is 0.224 e. The van der Waals surface area contributed by atoms with Crippen molar-refractivity contribution in [2.75, 3.05) is 26.2 Å². The van der Waals surface area contributed by atoms with Crippen molar-refractivity contribution in [2.45, 2.75) is 57.5 Å². The highest BCUT2D eigenvalue weighted by Crippen LogP contribution is 2.31. The summed E-state index contributed by atoms with van der Waals surface area (Å²) in [5, 5.41) is 6.38. The summed E-state index contributed by atoms with van der Waals surface area (Å²) in [7, 11) is 0. The lowest BCUT2D eigenvalue weighted by molar-refractivity contribution is -0.127. The van der Waals surface area contributed by atoms with Crippen molar-refractivity contribution in [3.63, 3.8) is 0 Å². The number of amides is 1. The Labute approximate surface area is 116 Å². The maximum absolute atomic E-state index is 12.1.